The van der Waals surface area contributed by atoms with E-state index in [0.717, 1.165) is 31.2 Å². The van der Waals surface area contributed by atoms with Gasteiger partial charge in [0.2, 0.25) is 5.91 Å². The highest BCUT2D eigenvalue weighted by molar-refractivity contribution is 5.89. The van der Waals surface area contributed by atoms with Crippen molar-refractivity contribution in [1.29, 1.82) is 0 Å². The van der Waals surface area contributed by atoms with Crippen LogP contribution in [0.3, 0.4) is 0 Å². The lowest BCUT2D eigenvalue weighted by atomic mass is 10.1. The summed E-state index contributed by atoms with van der Waals surface area (Å²) in [6, 6.07) is 7.29. The lowest BCUT2D eigenvalue weighted by molar-refractivity contribution is -0.118. The van der Waals surface area contributed by atoms with Crippen molar-refractivity contribution in [3.05, 3.63) is 35.4 Å². The third-order valence-electron chi connectivity index (χ3n) is 2.81. The van der Waals surface area contributed by atoms with Gasteiger partial charge in [0.1, 0.15) is 0 Å². The topological polar surface area (TPSA) is 69.4 Å². The molecule has 0 atom stereocenters. The number of carbonyl (C=O) groups is 2. The maximum absolute atomic E-state index is 11.7. The third kappa shape index (κ3) is 6.04. The standard InChI is InChI=1S/C15H21NO3/c1-2-3-11-19-15(18)13-9-7-12(8-10-13)5-4-6-14(16)17/h7-10H,2-6,11H2,1H3,(H2,16,17). The molecule has 1 rings (SSSR count). The molecule has 0 aliphatic rings. The van der Waals surface area contributed by atoms with Gasteiger partial charge in [-0.1, -0.05) is 25.5 Å². The number of amides is 1. The molecule has 2 N–H and O–H groups in total. The van der Waals surface area contributed by atoms with Gasteiger partial charge in [0.25, 0.3) is 0 Å². The predicted molar refractivity (Wildman–Crippen MR) is 73.8 cm³/mol. The Bertz CT molecular complexity index is 412. The summed E-state index contributed by atoms with van der Waals surface area (Å²) in [6.07, 6.45) is 3.80. The summed E-state index contributed by atoms with van der Waals surface area (Å²) in [7, 11) is 0. The molecule has 19 heavy (non-hydrogen) atoms. The van der Waals surface area contributed by atoms with Crippen LogP contribution >= 0.6 is 0 Å². The lowest BCUT2D eigenvalue weighted by Gasteiger charge is -2.05. The Kier molecular flexibility index (Phi) is 6.64. The smallest absolute Gasteiger partial charge is 0.338 e. The molecule has 104 valence electrons. The number of rotatable bonds is 8. The first-order valence-corrected chi connectivity index (χ1v) is 6.68. The highest BCUT2D eigenvalue weighted by Crippen LogP contribution is 2.09. The van der Waals surface area contributed by atoms with Gasteiger partial charge in [-0.25, -0.2) is 4.79 Å². The molecule has 0 saturated carbocycles. The second-order valence-electron chi connectivity index (χ2n) is 4.51. The van der Waals surface area contributed by atoms with Gasteiger partial charge >= 0.3 is 5.97 Å². The highest BCUT2D eigenvalue weighted by atomic mass is 16.5. The van der Waals surface area contributed by atoms with E-state index in [4.69, 9.17) is 10.5 Å². The Labute approximate surface area is 113 Å². The fourth-order valence-corrected chi connectivity index (χ4v) is 1.67. The molecular formula is C15H21NO3. The summed E-state index contributed by atoms with van der Waals surface area (Å²) < 4.78 is 5.12. The number of benzene rings is 1. The van der Waals surface area contributed by atoms with E-state index < -0.39 is 0 Å². The summed E-state index contributed by atoms with van der Waals surface area (Å²) in [6.45, 7) is 2.52. The van der Waals surface area contributed by atoms with Crippen LogP contribution in [0, 0.1) is 0 Å². The second-order valence-corrected chi connectivity index (χ2v) is 4.51. The minimum atomic E-state index is -0.281. The van der Waals surface area contributed by atoms with Gasteiger partial charge in [0.05, 0.1) is 12.2 Å². The van der Waals surface area contributed by atoms with Crippen molar-refractivity contribution in [2.75, 3.05) is 6.61 Å². The van der Waals surface area contributed by atoms with E-state index in [1.165, 1.54) is 0 Å². The van der Waals surface area contributed by atoms with Crippen LogP contribution in [0.5, 0.6) is 0 Å². The first kappa shape index (κ1) is 15.2. The maximum atomic E-state index is 11.7. The first-order chi connectivity index (χ1) is 9.13. The average Bonchev–Trinajstić information content (AvgIpc) is 2.39. The van der Waals surface area contributed by atoms with E-state index >= 15 is 0 Å². The number of nitrogens with two attached hydrogens (primary N) is 1. The number of hydrogen-bond donors (Lipinski definition) is 1. The van der Waals surface area contributed by atoms with Gasteiger partial charge < -0.3 is 10.5 Å². The van der Waals surface area contributed by atoms with Crippen molar-refractivity contribution in [3.63, 3.8) is 0 Å². The molecular weight excluding hydrogens is 242 g/mol. The number of aryl methyl sites for hydroxylation is 1. The third-order valence-corrected chi connectivity index (χ3v) is 2.81. The monoisotopic (exact) mass is 263 g/mol. The number of carbonyl (C=O) groups excluding carboxylic acids is 2. The Morgan fingerprint density at radius 3 is 2.42 bits per heavy atom. The largest absolute Gasteiger partial charge is 0.462 e. The molecule has 4 nitrogen and oxygen atoms in total. The first-order valence-electron chi connectivity index (χ1n) is 6.68. The van der Waals surface area contributed by atoms with E-state index in [0.29, 0.717) is 18.6 Å². The minimum absolute atomic E-state index is 0.280. The van der Waals surface area contributed by atoms with Crippen molar-refractivity contribution in [2.45, 2.75) is 39.0 Å². The molecule has 1 amide bonds. The van der Waals surface area contributed by atoms with Crippen molar-refractivity contribution in [2.24, 2.45) is 5.73 Å². The number of primary amides is 1. The molecule has 0 aromatic heterocycles. The van der Waals surface area contributed by atoms with E-state index in [-0.39, 0.29) is 11.9 Å². The molecule has 0 aliphatic heterocycles. The zero-order valence-electron chi connectivity index (χ0n) is 11.4. The molecule has 0 aliphatic carbocycles. The average molecular weight is 263 g/mol. The molecule has 0 bridgehead atoms. The number of ether oxygens (including phenoxy) is 1. The summed E-state index contributed by atoms with van der Waals surface area (Å²) in [5.41, 5.74) is 6.73. The molecule has 0 fully saturated rings. The van der Waals surface area contributed by atoms with Gasteiger partial charge in [-0.2, -0.15) is 0 Å². The normalized spacial score (nSPS) is 10.2. The van der Waals surface area contributed by atoms with Crippen LogP contribution in [0.2, 0.25) is 0 Å². The van der Waals surface area contributed by atoms with Gasteiger partial charge in [0.15, 0.2) is 0 Å². The lowest BCUT2D eigenvalue weighted by Crippen LogP contribution is -2.10. The Morgan fingerprint density at radius 1 is 1.16 bits per heavy atom. The Hall–Kier alpha value is -1.84. The van der Waals surface area contributed by atoms with Crippen LogP contribution in [0.25, 0.3) is 0 Å². The number of esters is 1. The van der Waals surface area contributed by atoms with Crippen molar-refractivity contribution in [3.8, 4) is 0 Å². The zero-order chi connectivity index (χ0) is 14.1. The second kappa shape index (κ2) is 8.29. The van der Waals surface area contributed by atoms with Crippen LogP contribution < -0.4 is 5.73 Å². The molecule has 1 aromatic rings. The summed E-state index contributed by atoms with van der Waals surface area (Å²) in [4.78, 5) is 22.3. The fraction of sp³-hybridized carbons (Fsp3) is 0.467. The van der Waals surface area contributed by atoms with Gasteiger partial charge in [-0.15, -0.1) is 0 Å². The number of unbranched alkanes of at least 4 members (excludes halogenated alkanes) is 1. The van der Waals surface area contributed by atoms with Crippen LogP contribution in [-0.2, 0) is 16.0 Å². The Balaban J connectivity index is 2.42. The molecule has 0 unspecified atom stereocenters. The highest BCUT2D eigenvalue weighted by Gasteiger charge is 2.06. The molecule has 0 heterocycles. The molecule has 0 spiro atoms. The quantitative estimate of drug-likeness (QED) is 0.578. The van der Waals surface area contributed by atoms with Crippen LogP contribution in [0.15, 0.2) is 24.3 Å². The molecule has 0 saturated heterocycles. The van der Waals surface area contributed by atoms with Crippen molar-refractivity contribution < 1.29 is 14.3 Å². The molecule has 4 heteroatoms. The maximum Gasteiger partial charge on any atom is 0.338 e. The fourth-order valence-electron chi connectivity index (χ4n) is 1.67. The molecule has 1 aromatic carbocycles. The van der Waals surface area contributed by atoms with E-state index in [9.17, 15) is 9.59 Å². The van der Waals surface area contributed by atoms with Crippen molar-refractivity contribution in [1.82, 2.24) is 0 Å². The van der Waals surface area contributed by atoms with Gasteiger partial charge in [-0.05, 0) is 37.0 Å². The minimum Gasteiger partial charge on any atom is -0.462 e. The van der Waals surface area contributed by atoms with Crippen LogP contribution in [0.4, 0.5) is 0 Å². The van der Waals surface area contributed by atoms with E-state index in [1.54, 1.807) is 12.1 Å². The van der Waals surface area contributed by atoms with Crippen LogP contribution in [-0.4, -0.2) is 18.5 Å². The summed E-state index contributed by atoms with van der Waals surface area (Å²) in [5.74, 6) is -0.562. The van der Waals surface area contributed by atoms with Crippen molar-refractivity contribution >= 4 is 11.9 Å². The molecule has 0 radical (unpaired) electrons. The predicted octanol–water partition coefficient (Wildman–Crippen LogP) is 2.45. The SMILES string of the molecule is CCCCOC(=O)c1ccc(CCCC(N)=O)cc1. The van der Waals surface area contributed by atoms with E-state index in [1.807, 2.05) is 12.1 Å². The number of hydrogen-bond acceptors (Lipinski definition) is 3. The zero-order valence-corrected chi connectivity index (χ0v) is 11.4. The van der Waals surface area contributed by atoms with E-state index in [2.05, 4.69) is 6.92 Å². The van der Waals surface area contributed by atoms with Gasteiger partial charge in [-0.3, -0.25) is 4.79 Å². The summed E-state index contributed by atoms with van der Waals surface area (Å²) in [5, 5.41) is 0. The Morgan fingerprint density at radius 2 is 1.84 bits per heavy atom. The van der Waals surface area contributed by atoms with Gasteiger partial charge in [0, 0.05) is 6.42 Å². The summed E-state index contributed by atoms with van der Waals surface area (Å²) >= 11 is 0. The van der Waals surface area contributed by atoms with Crippen LogP contribution in [0.1, 0.15) is 48.5 Å².